The average molecular weight is 659 g/mol. The van der Waals surface area contributed by atoms with Crippen LogP contribution in [0.3, 0.4) is 0 Å². The molecule has 0 aromatic heterocycles. The van der Waals surface area contributed by atoms with E-state index in [1.807, 2.05) is 0 Å². The second-order valence-corrected chi connectivity index (χ2v) is 11.2. The summed E-state index contributed by atoms with van der Waals surface area (Å²) in [4.78, 5) is 51.5. The monoisotopic (exact) mass is 658 g/mol. The minimum Gasteiger partial charge on any atom is -0.493 e. The van der Waals surface area contributed by atoms with E-state index in [2.05, 4.69) is 9.64 Å². The van der Waals surface area contributed by atoms with Gasteiger partial charge in [0, 0.05) is 17.6 Å². The predicted molar refractivity (Wildman–Crippen MR) is 169 cm³/mol. The number of ether oxygens (including phenoxy) is 4. The molecular weight excluding hydrogens is 631 g/mol. The van der Waals surface area contributed by atoms with Crippen LogP contribution in [0.4, 0.5) is 10.1 Å². The molecule has 240 valence electrons. The lowest BCUT2D eigenvalue weighted by atomic mass is 10.1. The van der Waals surface area contributed by atoms with E-state index in [1.165, 1.54) is 26.0 Å². The Bertz CT molecular complexity index is 1870. The Morgan fingerprint density at radius 1 is 0.745 bits per heavy atom. The van der Waals surface area contributed by atoms with E-state index in [0.717, 1.165) is 36.7 Å². The van der Waals surface area contributed by atoms with Crippen molar-refractivity contribution in [1.82, 2.24) is 4.90 Å². The van der Waals surface area contributed by atoms with Gasteiger partial charge in [-0.15, -0.1) is 0 Å². The van der Waals surface area contributed by atoms with Crippen molar-refractivity contribution in [1.29, 1.82) is 0 Å². The van der Waals surface area contributed by atoms with Gasteiger partial charge in [0.05, 0.1) is 35.1 Å². The van der Waals surface area contributed by atoms with Crippen molar-refractivity contribution in [2.75, 3.05) is 38.3 Å². The van der Waals surface area contributed by atoms with Gasteiger partial charge in [0.25, 0.3) is 11.8 Å². The van der Waals surface area contributed by atoms with Gasteiger partial charge in [-0.1, -0.05) is 11.6 Å². The van der Waals surface area contributed by atoms with Gasteiger partial charge >= 0.3 is 11.9 Å². The molecule has 12 heteroatoms. The Morgan fingerprint density at radius 3 is 2.17 bits per heavy atom. The Hall–Kier alpha value is -5.26. The second kappa shape index (κ2) is 13.6. The Balaban J connectivity index is 0.000000269. The van der Waals surface area contributed by atoms with Gasteiger partial charge in [-0.25, -0.2) is 18.9 Å². The number of nitrogens with zero attached hydrogens (tertiary/aromatic N) is 2. The first-order valence-electron chi connectivity index (χ1n) is 14.8. The van der Waals surface area contributed by atoms with E-state index >= 15 is 0 Å². The number of imide groups is 1. The number of hydrogen-bond donors (Lipinski definition) is 0. The number of cyclic esters (lactones) is 2. The number of carbonyl (C=O) groups excluding carboxylic acids is 4. The summed E-state index contributed by atoms with van der Waals surface area (Å²) in [7, 11) is 1.54. The van der Waals surface area contributed by atoms with Gasteiger partial charge < -0.3 is 18.9 Å². The number of benzene rings is 4. The Labute approximate surface area is 274 Å². The zero-order valence-corrected chi connectivity index (χ0v) is 25.9. The number of halogens is 2. The van der Waals surface area contributed by atoms with Crippen molar-refractivity contribution in [3.8, 4) is 23.0 Å². The van der Waals surface area contributed by atoms with Crippen LogP contribution < -0.4 is 19.1 Å². The summed E-state index contributed by atoms with van der Waals surface area (Å²) in [6, 6.07) is 20.2. The molecule has 1 saturated heterocycles. The van der Waals surface area contributed by atoms with Gasteiger partial charge in [0.2, 0.25) is 0 Å². The van der Waals surface area contributed by atoms with E-state index in [4.69, 9.17) is 25.8 Å². The fourth-order valence-corrected chi connectivity index (χ4v) is 5.55. The number of anilines is 1. The van der Waals surface area contributed by atoms with Crippen LogP contribution in [0.1, 0.15) is 54.3 Å². The van der Waals surface area contributed by atoms with E-state index < -0.39 is 29.6 Å². The summed E-state index contributed by atoms with van der Waals surface area (Å²) in [6.07, 6.45) is 2.46. The van der Waals surface area contributed by atoms with Crippen molar-refractivity contribution in [2.24, 2.45) is 0 Å². The van der Waals surface area contributed by atoms with Crippen LogP contribution in [0.2, 0.25) is 5.02 Å². The SMILES string of the molecule is COc1cc(N2C(=O)c3ccc(Oc4ccc(Cl)cc4)cc3C2=O)ccc1OCCN1CCCC1.O=C1OC(=O)c2cc(F)ccc21. The summed E-state index contributed by atoms with van der Waals surface area (Å²) in [5.74, 6) is -0.798. The van der Waals surface area contributed by atoms with E-state index in [-0.39, 0.29) is 16.7 Å². The third-order valence-electron chi connectivity index (χ3n) is 7.78. The maximum Gasteiger partial charge on any atom is 0.347 e. The van der Waals surface area contributed by atoms with Gasteiger partial charge in [-0.3, -0.25) is 14.5 Å². The number of esters is 2. The van der Waals surface area contributed by atoms with E-state index in [0.29, 0.717) is 45.9 Å². The largest absolute Gasteiger partial charge is 0.493 e. The fourth-order valence-electron chi connectivity index (χ4n) is 5.42. The Morgan fingerprint density at radius 2 is 1.43 bits per heavy atom. The summed E-state index contributed by atoms with van der Waals surface area (Å²) < 4.78 is 34.0. The second-order valence-electron chi connectivity index (χ2n) is 10.8. The molecule has 1 fully saturated rings. The summed E-state index contributed by atoms with van der Waals surface area (Å²) in [6.45, 7) is 3.60. The van der Waals surface area contributed by atoms with Gasteiger partial charge in [-0.2, -0.15) is 0 Å². The van der Waals surface area contributed by atoms with Crippen LogP contribution in [0.15, 0.2) is 78.9 Å². The molecule has 0 N–H and O–H groups in total. The van der Waals surface area contributed by atoms with Crippen LogP contribution in [0.5, 0.6) is 23.0 Å². The van der Waals surface area contributed by atoms with Crippen molar-refractivity contribution in [3.05, 3.63) is 112 Å². The molecule has 0 spiro atoms. The number of rotatable bonds is 8. The third kappa shape index (κ3) is 6.81. The normalized spacial score (nSPS) is 15.2. The van der Waals surface area contributed by atoms with Crippen molar-refractivity contribution in [3.63, 3.8) is 0 Å². The first-order valence-corrected chi connectivity index (χ1v) is 15.1. The molecule has 3 aliphatic heterocycles. The van der Waals surface area contributed by atoms with Gasteiger partial charge in [-0.05, 0) is 98.7 Å². The summed E-state index contributed by atoms with van der Waals surface area (Å²) >= 11 is 5.92. The highest BCUT2D eigenvalue weighted by Crippen LogP contribution is 2.37. The number of likely N-dealkylation sites (tertiary alicyclic amines) is 1. The highest BCUT2D eigenvalue weighted by atomic mass is 35.5. The fraction of sp³-hybridized carbons (Fsp3) is 0.200. The lowest BCUT2D eigenvalue weighted by Gasteiger charge is -2.18. The highest BCUT2D eigenvalue weighted by Gasteiger charge is 2.37. The van der Waals surface area contributed by atoms with Gasteiger partial charge in [0.15, 0.2) is 11.5 Å². The maximum atomic E-state index is 13.2. The van der Waals surface area contributed by atoms with Crippen LogP contribution in [-0.4, -0.2) is 62.0 Å². The van der Waals surface area contributed by atoms with Crippen molar-refractivity contribution < 1.29 is 42.5 Å². The van der Waals surface area contributed by atoms with E-state index in [1.54, 1.807) is 60.7 Å². The molecule has 3 heterocycles. The van der Waals surface area contributed by atoms with Gasteiger partial charge in [0.1, 0.15) is 23.9 Å². The minimum absolute atomic E-state index is 0.000000000000000444. The third-order valence-corrected chi connectivity index (χ3v) is 8.04. The van der Waals surface area contributed by atoms with Crippen molar-refractivity contribution >= 4 is 41.0 Å². The summed E-state index contributed by atoms with van der Waals surface area (Å²) in [5.41, 5.74) is 1.15. The Kier molecular flexibility index (Phi) is 9.19. The standard InChI is InChI=1S/C27H25ClN2O5.C8H3FO3/c1-33-25-16-19(6-11-24(25)34-15-14-29-12-2-3-13-29)30-26(31)22-10-9-21(17-23(22)27(30)32)35-20-7-4-18(28)5-8-20;9-4-1-2-5-6(3-4)8(11)12-7(5)10/h4-11,16-17H,2-3,12-15H2,1H3;1-3H. The van der Waals surface area contributed by atoms with Crippen LogP contribution in [0, 0.1) is 5.82 Å². The molecule has 47 heavy (non-hydrogen) atoms. The molecule has 0 aliphatic carbocycles. The molecule has 4 aromatic carbocycles. The number of methoxy groups -OCH3 is 1. The first kappa shape index (κ1) is 31.7. The predicted octanol–water partition coefficient (Wildman–Crippen LogP) is 6.55. The molecule has 7 rings (SSSR count). The van der Waals surface area contributed by atoms with E-state index in [9.17, 15) is 23.6 Å². The number of hydrogen-bond acceptors (Lipinski definition) is 9. The molecule has 3 aliphatic rings. The molecule has 0 bridgehead atoms. The number of fused-ring (bicyclic) bond motifs is 2. The van der Waals surface area contributed by atoms with Crippen LogP contribution >= 0.6 is 11.6 Å². The lowest BCUT2D eigenvalue weighted by Crippen LogP contribution is -2.29. The molecular formula is C35H28ClFN2O8. The molecule has 2 amide bonds. The van der Waals surface area contributed by atoms with Crippen molar-refractivity contribution in [2.45, 2.75) is 12.8 Å². The smallest absolute Gasteiger partial charge is 0.347 e. The lowest BCUT2D eigenvalue weighted by molar-refractivity contribution is 0.0443. The maximum absolute atomic E-state index is 13.2. The highest BCUT2D eigenvalue weighted by molar-refractivity contribution is 6.34. The zero-order chi connectivity index (χ0) is 33.1. The zero-order valence-electron chi connectivity index (χ0n) is 25.2. The molecule has 4 aromatic rings. The minimum atomic E-state index is -0.783. The number of carbonyl (C=O) groups is 4. The number of amides is 2. The van der Waals surface area contributed by atoms with Crippen LogP contribution in [-0.2, 0) is 4.74 Å². The molecule has 0 atom stereocenters. The molecule has 0 radical (unpaired) electrons. The first-order chi connectivity index (χ1) is 22.7. The topological polar surface area (TPSA) is 112 Å². The molecule has 0 saturated carbocycles. The van der Waals surface area contributed by atoms with Crippen LogP contribution in [0.25, 0.3) is 0 Å². The molecule has 10 nitrogen and oxygen atoms in total. The summed E-state index contributed by atoms with van der Waals surface area (Å²) in [5, 5.41) is 0.598. The molecule has 0 unspecified atom stereocenters. The quantitative estimate of drug-likeness (QED) is 0.118. The average Bonchev–Trinajstić information content (AvgIpc) is 3.75.